The number of thiophene rings is 1. The molecule has 22 heavy (non-hydrogen) atoms. The smallest absolute Gasteiger partial charge is 0.207 e. The fraction of sp³-hybridized carbons (Fsp3) is 0.412. The summed E-state index contributed by atoms with van der Waals surface area (Å²) in [6, 6.07) is 9.92. The van der Waals surface area contributed by atoms with E-state index in [1.165, 1.54) is 4.88 Å². The highest BCUT2D eigenvalue weighted by Gasteiger charge is 2.38. The Morgan fingerprint density at radius 1 is 1.23 bits per heavy atom. The van der Waals surface area contributed by atoms with Crippen LogP contribution < -0.4 is 0 Å². The molecule has 1 fully saturated rings. The number of hydrogen-bond acceptors (Lipinski definition) is 3. The predicted molar refractivity (Wildman–Crippen MR) is 90.9 cm³/mol. The quantitative estimate of drug-likeness (QED) is 0.806. The van der Waals surface area contributed by atoms with Crippen molar-refractivity contribution in [2.45, 2.75) is 44.0 Å². The van der Waals surface area contributed by atoms with Crippen molar-refractivity contribution >= 4 is 21.4 Å². The molecule has 0 bridgehead atoms. The first-order valence-corrected chi connectivity index (χ1v) is 9.92. The summed E-state index contributed by atoms with van der Waals surface area (Å²) in [6.07, 6.45) is 2.75. The zero-order chi connectivity index (χ0) is 15.7. The summed E-state index contributed by atoms with van der Waals surface area (Å²) in [4.78, 5) is 1.70. The number of aryl methyl sites for hydroxylation is 2. The van der Waals surface area contributed by atoms with Crippen molar-refractivity contribution in [1.29, 1.82) is 0 Å². The first-order valence-electron chi connectivity index (χ1n) is 7.60. The van der Waals surface area contributed by atoms with Crippen LogP contribution in [0.4, 0.5) is 0 Å². The average Bonchev–Trinajstić information content (AvgIpc) is 3.16. The Balaban J connectivity index is 1.88. The molecule has 0 N–H and O–H groups in total. The SMILES string of the molecule is Cc1ccc(C)c(S(=O)(=O)N(CCc2cccs2)C2CC2)c1. The van der Waals surface area contributed by atoms with Gasteiger partial charge in [0.25, 0.3) is 0 Å². The standard InChI is InChI=1S/C17H21NO2S2/c1-13-5-6-14(2)17(12-13)22(19,20)18(15-7-8-15)10-9-16-4-3-11-21-16/h3-6,11-12,15H,7-10H2,1-2H3. The van der Waals surface area contributed by atoms with E-state index in [9.17, 15) is 8.42 Å². The lowest BCUT2D eigenvalue weighted by atomic mass is 10.2. The van der Waals surface area contributed by atoms with Gasteiger partial charge in [0, 0.05) is 17.5 Å². The third-order valence-corrected chi connectivity index (χ3v) is 7.07. The molecule has 2 aromatic rings. The van der Waals surface area contributed by atoms with Crippen LogP contribution in [0.2, 0.25) is 0 Å². The fourth-order valence-electron chi connectivity index (χ4n) is 2.65. The van der Waals surface area contributed by atoms with Gasteiger partial charge in [0.2, 0.25) is 10.0 Å². The van der Waals surface area contributed by atoms with Crippen molar-refractivity contribution in [3.05, 3.63) is 51.7 Å². The fourth-order valence-corrected chi connectivity index (χ4v) is 5.34. The van der Waals surface area contributed by atoms with Gasteiger partial charge in [-0.1, -0.05) is 18.2 Å². The lowest BCUT2D eigenvalue weighted by molar-refractivity contribution is 0.407. The minimum absolute atomic E-state index is 0.185. The molecule has 0 radical (unpaired) electrons. The average molecular weight is 335 g/mol. The number of benzene rings is 1. The van der Waals surface area contributed by atoms with Crippen LogP contribution in [0, 0.1) is 13.8 Å². The van der Waals surface area contributed by atoms with E-state index in [0.717, 1.165) is 30.4 Å². The van der Waals surface area contributed by atoms with Gasteiger partial charge in [0.1, 0.15) is 0 Å². The molecule has 3 rings (SSSR count). The lowest BCUT2D eigenvalue weighted by Crippen LogP contribution is -2.35. The Labute approximate surface area is 136 Å². The molecular formula is C17H21NO2S2. The zero-order valence-corrected chi connectivity index (χ0v) is 14.6. The summed E-state index contributed by atoms with van der Waals surface area (Å²) in [7, 11) is -3.41. The van der Waals surface area contributed by atoms with E-state index in [-0.39, 0.29) is 6.04 Å². The maximum absolute atomic E-state index is 13.1. The topological polar surface area (TPSA) is 37.4 Å². The van der Waals surface area contributed by atoms with E-state index in [0.29, 0.717) is 11.4 Å². The summed E-state index contributed by atoms with van der Waals surface area (Å²) in [5.74, 6) is 0. The molecule has 0 unspecified atom stereocenters. The molecule has 0 aliphatic heterocycles. The molecule has 1 aliphatic carbocycles. The minimum atomic E-state index is -3.41. The van der Waals surface area contributed by atoms with Crippen LogP contribution in [0.15, 0.2) is 40.6 Å². The van der Waals surface area contributed by atoms with Gasteiger partial charge in [-0.2, -0.15) is 4.31 Å². The van der Waals surface area contributed by atoms with E-state index < -0.39 is 10.0 Å². The zero-order valence-electron chi connectivity index (χ0n) is 13.0. The molecule has 1 aromatic heterocycles. The van der Waals surface area contributed by atoms with E-state index in [1.54, 1.807) is 21.7 Å². The molecular weight excluding hydrogens is 314 g/mol. The molecule has 1 heterocycles. The van der Waals surface area contributed by atoms with Crippen LogP contribution in [0.1, 0.15) is 28.8 Å². The van der Waals surface area contributed by atoms with Gasteiger partial charge in [-0.05, 0) is 61.7 Å². The van der Waals surface area contributed by atoms with E-state index >= 15 is 0 Å². The molecule has 1 saturated carbocycles. The first kappa shape index (κ1) is 15.7. The highest BCUT2D eigenvalue weighted by atomic mass is 32.2. The van der Waals surface area contributed by atoms with Crippen LogP contribution in [0.25, 0.3) is 0 Å². The number of hydrogen-bond donors (Lipinski definition) is 0. The summed E-state index contributed by atoms with van der Waals surface area (Å²) in [5, 5.41) is 2.04. The van der Waals surface area contributed by atoms with Gasteiger partial charge < -0.3 is 0 Å². The lowest BCUT2D eigenvalue weighted by Gasteiger charge is -2.23. The maximum atomic E-state index is 13.1. The summed E-state index contributed by atoms with van der Waals surface area (Å²) >= 11 is 1.69. The Morgan fingerprint density at radius 3 is 2.64 bits per heavy atom. The largest absolute Gasteiger partial charge is 0.243 e. The van der Waals surface area contributed by atoms with Crippen molar-refractivity contribution in [3.63, 3.8) is 0 Å². The summed E-state index contributed by atoms with van der Waals surface area (Å²) in [6.45, 7) is 4.38. The Hall–Kier alpha value is -1.17. The second-order valence-electron chi connectivity index (χ2n) is 5.95. The Morgan fingerprint density at radius 2 is 2.00 bits per heavy atom. The third kappa shape index (κ3) is 3.26. The van der Waals surface area contributed by atoms with Crippen molar-refractivity contribution in [2.75, 3.05) is 6.54 Å². The monoisotopic (exact) mass is 335 g/mol. The van der Waals surface area contributed by atoms with Gasteiger partial charge in [-0.15, -0.1) is 11.3 Å². The molecule has 3 nitrogen and oxygen atoms in total. The van der Waals surface area contributed by atoms with Crippen molar-refractivity contribution in [3.8, 4) is 0 Å². The number of sulfonamides is 1. The Kier molecular flexibility index (Phi) is 4.39. The molecule has 5 heteroatoms. The summed E-state index contributed by atoms with van der Waals surface area (Å²) < 4.78 is 27.9. The molecule has 1 aromatic carbocycles. The normalized spacial score (nSPS) is 15.4. The van der Waals surface area contributed by atoms with Gasteiger partial charge in [-0.25, -0.2) is 8.42 Å². The molecule has 0 amide bonds. The number of nitrogens with zero attached hydrogens (tertiary/aromatic N) is 1. The third-order valence-electron chi connectivity index (χ3n) is 4.04. The van der Waals surface area contributed by atoms with Gasteiger partial charge in [0.15, 0.2) is 0 Å². The minimum Gasteiger partial charge on any atom is -0.207 e. The van der Waals surface area contributed by atoms with Crippen molar-refractivity contribution in [2.24, 2.45) is 0 Å². The van der Waals surface area contributed by atoms with Gasteiger partial charge in [-0.3, -0.25) is 0 Å². The van der Waals surface area contributed by atoms with Crippen LogP contribution in [-0.4, -0.2) is 25.3 Å². The van der Waals surface area contributed by atoms with E-state index in [2.05, 4.69) is 6.07 Å². The second kappa shape index (κ2) is 6.14. The predicted octanol–water partition coefficient (Wildman–Crippen LogP) is 3.76. The first-order chi connectivity index (χ1) is 10.5. The second-order valence-corrected chi connectivity index (χ2v) is 8.84. The highest BCUT2D eigenvalue weighted by Crippen LogP contribution is 2.33. The van der Waals surface area contributed by atoms with E-state index in [4.69, 9.17) is 0 Å². The maximum Gasteiger partial charge on any atom is 0.243 e. The van der Waals surface area contributed by atoms with Crippen LogP contribution in [0.5, 0.6) is 0 Å². The molecule has 0 atom stereocenters. The summed E-state index contributed by atoms with van der Waals surface area (Å²) in [5.41, 5.74) is 1.81. The van der Waals surface area contributed by atoms with E-state index in [1.807, 2.05) is 37.4 Å². The van der Waals surface area contributed by atoms with Gasteiger partial charge >= 0.3 is 0 Å². The Bertz CT molecular complexity index is 747. The molecule has 0 saturated heterocycles. The van der Waals surface area contributed by atoms with Crippen LogP contribution in [0.3, 0.4) is 0 Å². The van der Waals surface area contributed by atoms with Crippen molar-refractivity contribution in [1.82, 2.24) is 4.31 Å². The number of rotatable bonds is 6. The molecule has 0 spiro atoms. The molecule has 1 aliphatic rings. The molecule has 118 valence electrons. The van der Waals surface area contributed by atoms with Crippen LogP contribution in [-0.2, 0) is 16.4 Å². The highest BCUT2D eigenvalue weighted by molar-refractivity contribution is 7.89. The van der Waals surface area contributed by atoms with Gasteiger partial charge in [0.05, 0.1) is 4.90 Å². The van der Waals surface area contributed by atoms with Crippen LogP contribution >= 0.6 is 11.3 Å². The van der Waals surface area contributed by atoms with Crippen molar-refractivity contribution < 1.29 is 8.42 Å².